The number of aromatic nitrogens is 2. The van der Waals surface area contributed by atoms with E-state index in [4.69, 9.17) is 5.73 Å². The molecule has 4 heteroatoms. The number of aryl methyl sites for hydroxylation is 1. The molecule has 0 aliphatic rings. The first-order valence-electron chi connectivity index (χ1n) is 4.66. The standard InChI is InChI=1S/C11H12BrN3/c1-6-5-8(12)3-4-9(6)10-7(2)11(13)15-14-10/h3-5H,1-2H3,(H3,13,14,15). The summed E-state index contributed by atoms with van der Waals surface area (Å²) in [7, 11) is 0. The molecule has 2 rings (SSSR count). The van der Waals surface area contributed by atoms with E-state index in [1.807, 2.05) is 13.0 Å². The number of H-pyrrole nitrogens is 1. The van der Waals surface area contributed by atoms with E-state index in [1.165, 1.54) is 5.56 Å². The highest BCUT2D eigenvalue weighted by Gasteiger charge is 2.10. The zero-order valence-corrected chi connectivity index (χ0v) is 10.2. The molecule has 1 aromatic carbocycles. The van der Waals surface area contributed by atoms with Gasteiger partial charge in [0, 0.05) is 15.6 Å². The van der Waals surface area contributed by atoms with Gasteiger partial charge >= 0.3 is 0 Å². The number of anilines is 1. The van der Waals surface area contributed by atoms with E-state index in [9.17, 15) is 0 Å². The number of hydrogen-bond acceptors (Lipinski definition) is 2. The quantitative estimate of drug-likeness (QED) is 0.833. The lowest BCUT2D eigenvalue weighted by Crippen LogP contribution is -1.88. The first-order valence-corrected chi connectivity index (χ1v) is 5.46. The third-order valence-corrected chi connectivity index (χ3v) is 3.00. The van der Waals surface area contributed by atoms with Crippen LogP contribution in [0.25, 0.3) is 11.3 Å². The van der Waals surface area contributed by atoms with Gasteiger partial charge in [-0.25, -0.2) is 0 Å². The summed E-state index contributed by atoms with van der Waals surface area (Å²) in [5.74, 6) is 0.562. The van der Waals surface area contributed by atoms with Gasteiger partial charge in [-0.1, -0.05) is 22.0 Å². The summed E-state index contributed by atoms with van der Waals surface area (Å²) in [6.45, 7) is 4.03. The molecular formula is C11H12BrN3. The van der Waals surface area contributed by atoms with Crippen molar-refractivity contribution in [3.63, 3.8) is 0 Å². The summed E-state index contributed by atoms with van der Waals surface area (Å²) in [5, 5.41) is 6.96. The molecule has 78 valence electrons. The highest BCUT2D eigenvalue weighted by Crippen LogP contribution is 2.28. The summed E-state index contributed by atoms with van der Waals surface area (Å²) in [4.78, 5) is 0. The number of benzene rings is 1. The van der Waals surface area contributed by atoms with Crippen LogP contribution in [0.5, 0.6) is 0 Å². The van der Waals surface area contributed by atoms with Crippen LogP contribution >= 0.6 is 15.9 Å². The van der Waals surface area contributed by atoms with Gasteiger partial charge in [0.05, 0.1) is 5.69 Å². The zero-order valence-electron chi connectivity index (χ0n) is 8.63. The molecule has 15 heavy (non-hydrogen) atoms. The van der Waals surface area contributed by atoms with E-state index in [2.05, 4.69) is 45.2 Å². The van der Waals surface area contributed by atoms with Crippen LogP contribution in [0.15, 0.2) is 22.7 Å². The van der Waals surface area contributed by atoms with Crippen LogP contribution in [-0.4, -0.2) is 10.2 Å². The van der Waals surface area contributed by atoms with Crippen molar-refractivity contribution in [1.29, 1.82) is 0 Å². The van der Waals surface area contributed by atoms with Crippen LogP contribution < -0.4 is 5.73 Å². The summed E-state index contributed by atoms with van der Waals surface area (Å²) in [5.41, 5.74) is 10.0. The summed E-state index contributed by atoms with van der Waals surface area (Å²) < 4.78 is 1.08. The highest BCUT2D eigenvalue weighted by molar-refractivity contribution is 9.10. The van der Waals surface area contributed by atoms with E-state index in [0.717, 1.165) is 21.3 Å². The Labute approximate surface area is 96.8 Å². The maximum atomic E-state index is 5.71. The van der Waals surface area contributed by atoms with E-state index in [-0.39, 0.29) is 0 Å². The average Bonchev–Trinajstić information content (AvgIpc) is 2.49. The zero-order chi connectivity index (χ0) is 11.0. The summed E-state index contributed by atoms with van der Waals surface area (Å²) in [6, 6.07) is 6.14. The Morgan fingerprint density at radius 2 is 2.07 bits per heavy atom. The number of hydrogen-bond donors (Lipinski definition) is 2. The molecule has 3 N–H and O–H groups in total. The van der Waals surface area contributed by atoms with Gasteiger partial charge < -0.3 is 5.73 Å². The molecule has 0 saturated carbocycles. The molecule has 3 nitrogen and oxygen atoms in total. The minimum atomic E-state index is 0.562. The van der Waals surface area contributed by atoms with Gasteiger partial charge in [-0.15, -0.1) is 0 Å². The fourth-order valence-electron chi connectivity index (χ4n) is 1.58. The number of aromatic amines is 1. The molecule has 0 aliphatic heterocycles. The number of nitrogens with one attached hydrogen (secondary N) is 1. The van der Waals surface area contributed by atoms with Gasteiger partial charge in [-0.2, -0.15) is 5.10 Å². The van der Waals surface area contributed by atoms with Crippen molar-refractivity contribution in [3.8, 4) is 11.3 Å². The van der Waals surface area contributed by atoms with Gasteiger partial charge in [-0.3, -0.25) is 5.10 Å². The van der Waals surface area contributed by atoms with Gasteiger partial charge in [0.1, 0.15) is 5.82 Å². The van der Waals surface area contributed by atoms with Gasteiger partial charge in [0.15, 0.2) is 0 Å². The van der Waals surface area contributed by atoms with Crippen molar-refractivity contribution < 1.29 is 0 Å². The Balaban J connectivity index is 2.59. The first-order chi connectivity index (χ1) is 7.09. The Morgan fingerprint density at radius 1 is 1.33 bits per heavy atom. The molecule has 0 aliphatic carbocycles. The molecule has 2 aromatic rings. The van der Waals surface area contributed by atoms with Crippen LogP contribution in [0.4, 0.5) is 5.82 Å². The molecule has 0 radical (unpaired) electrons. The minimum Gasteiger partial charge on any atom is -0.382 e. The van der Waals surface area contributed by atoms with Crippen molar-refractivity contribution in [3.05, 3.63) is 33.8 Å². The van der Waals surface area contributed by atoms with Crippen molar-refractivity contribution >= 4 is 21.7 Å². The predicted molar refractivity (Wildman–Crippen MR) is 65.6 cm³/mol. The summed E-state index contributed by atoms with van der Waals surface area (Å²) in [6.07, 6.45) is 0. The molecule has 0 amide bonds. The number of nitrogens with two attached hydrogens (primary N) is 1. The largest absolute Gasteiger partial charge is 0.382 e. The van der Waals surface area contributed by atoms with Crippen molar-refractivity contribution in [1.82, 2.24) is 10.2 Å². The monoisotopic (exact) mass is 265 g/mol. The summed E-state index contributed by atoms with van der Waals surface area (Å²) >= 11 is 3.44. The number of rotatable bonds is 1. The lowest BCUT2D eigenvalue weighted by Gasteiger charge is -2.04. The van der Waals surface area contributed by atoms with Crippen LogP contribution in [-0.2, 0) is 0 Å². The average molecular weight is 266 g/mol. The Kier molecular flexibility index (Phi) is 2.52. The number of halogens is 1. The fourth-order valence-corrected chi connectivity index (χ4v) is 2.06. The third-order valence-electron chi connectivity index (χ3n) is 2.51. The topological polar surface area (TPSA) is 54.7 Å². The Bertz CT molecular complexity index is 503. The first kappa shape index (κ1) is 10.2. The van der Waals surface area contributed by atoms with Crippen molar-refractivity contribution in [2.45, 2.75) is 13.8 Å². The molecule has 1 heterocycles. The fraction of sp³-hybridized carbons (Fsp3) is 0.182. The van der Waals surface area contributed by atoms with E-state index in [0.29, 0.717) is 5.82 Å². The second-order valence-electron chi connectivity index (χ2n) is 3.57. The predicted octanol–water partition coefficient (Wildman–Crippen LogP) is 3.04. The highest BCUT2D eigenvalue weighted by atomic mass is 79.9. The molecule has 0 fully saturated rings. The van der Waals surface area contributed by atoms with Crippen molar-refractivity contribution in [2.24, 2.45) is 0 Å². The molecule has 0 bridgehead atoms. The SMILES string of the molecule is Cc1cc(Br)ccc1-c1[nH]nc(N)c1C. The second-order valence-corrected chi connectivity index (χ2v) is 4.48. The van der Waals surface area contributed by atoms with Gasteiger partial charge in [0.25, 0.3) is 0 Å². The van der Waals surface area contributed by atoms with E-state index < -0.39 is 0 Å². The van der Waals surface area contributed by atoms with E-state index in [1.54, 1.807) is 0 Å². The molecule has 0 unspecified atom stereocenters. The van der Waals surface area contributed by atoms with Crippen LogP contribution in [0.2, 0.25) is 0 Å². The molecule has 1 aromatic heterocycles. The maximum absolute atomic E-state index is 5.71. The molecule has 0 atom stereocenters. The lowest BCUT2D eigenvalue weighted by atomic mass is 10.0. The van der Waals surface area contributed by atoms with Crippen LogP contribution in [0.3, 0.4) is 0 Å². The van der Waals surface area contributed by atoms with Crippen LogP contribution in [0, 0.1) is 13.8 Å². The minimum absolute atomic E-state index is 0.562. The Hall–Kier alpha value is -1.29. The third kappa shape index (κ3) is 1.77. The normalized spacial score (nSPS) is 10.6. The van der Waals surface area contributed by atoms with E-state index >= 15 is 0 Å². The molecule has 0 spiro atoms. The number of nitrogens with zero attached hydrogens (tertiary/aromatic N) is 1. The molecule has 0 saturated heterocycles. The van der Waals surface area contributed by atoms with Crippen molar-refractivity contribution in [2.75, 3.05) is 5.73 Å². The lowest BCUT2D eigenvalue weighted by molar-refractivity contribution is 1.10. The maximum Gasteiger partial charge on any atom is 0.148 e. The number of nitrogen functional groups attached to an aromatic ring is 1. The van der Waals surface area contributed by atoms with Gasteiger partial charge in [0.2, 0.25) is 0 Å². The molecular weight excluding hydrogens is 254 g/mol. The Morgan fingerprint density at radius 3 is 2.60 bits per heavy atom. The van der Waals surface area contributed by atoms with Gasteiger partial charge in [-0.05, 0) is 31.5 Å². The second kappa shape index (κ2) is 3.70. The van der Waals surface area contributed by atoms with Crippen LogP contribution in [0.1, 0.15) is 11.1 Å². The smallest absolute Gasteiger partial charge is 0.148 e.